The Kier molecular flexibility index (Phi) is 4.35. The van der Waals surface area contributed by atoms with Crippen molar-refractivity contribution in [1.82, 2.24) is 5.32 Å². The van der Waals surface area contributed by atoms with Gasteiger partial charge >= 0.3 is 5.97 Å². The summed E-state index contributed by atoms with van der Waals surface area (Å²) in [4.78, 5) is 23.5. The number of esters is 1. The molecule has 0 unspecified atom stereocenters. The number of carbonyl (C=O) groups is 2. The molecule has 2 aromatic carbocycles. The first-order chi connectivity index (χ1) is 9.58. The molecule has 4 nitrogen and oxygen atoms in total. The molecule has 0 bridgehead atoms. The zero-order valence-electron chi connectivity index (χ0n) is 11.6. The van der Waals surface area contributed by atoms with Crippen molar-refractivity contribution in [3.8, 4) is 0 Å². The quantitative estimate of drug-likeness (QED) is 0.869. The van der Waals surface area contributed by atoms with Crippen LogP contribution < -0.4 is 5.32 Å². The second-order valence-electron chi connectivity index (χ2n) is 4.83. The molecule has 0 radical (unpaired) electrons. The predicted octanol–water partition coefficient (Wildman–Crippen LogP) is 2.52. The van der Waals surface area contributed by atoms with Gasteiger partial charge in [-0.2, -0.15) is 0 Å². The van der Waals surface area contributed by atoms with Crippen LogP contribution in [0.2, 0.25) is 0 Å². The lowest BCUT2D eigenvalue weighted by Gasteiger charge is -2.10. The predicted molar refractivity (Wildman–Crippen MR) is 77.5 cm³/mol. The summed E-state index contributed by atoms with van der Waals surface area (Å²) in [5.41, 5.74) is 0.473. The van der Waals surface area contributed by atoms with Crippen molar-refractivity contribution in [3.05, 3.63) is 48.0 Å². The minimum absolute atomic E-state index is 0.0266. The fraction of sp³-hybridized carbons (Fsp3) is 0.250. The molecule has 0 aliphatic rings. The van der Waals surface area contributed by atoms with Gasteiger partial charge in [-0.1, -0.05) is 36.4 Å². The first-order valence-corrected chi connectivity index (χ1v) is 6.52. The van der Waals surface area contributed by atoms with E-state index in [9.17, 15) is 9.59 Å². The second-order valence-corrected chi connectivity index (χ2v) is 4.83. The maximum Gasteiger partial charge on any atom is 0.339 e. The van der Waals surface area contributed by atoms with Crippen molar-refractivity contribution in [3.63, 3.8) is 0 Å². The lowest BCUT2D eigenvalue weighted by molar-refractivity contribution is -0.124. The topological polar surface area (TPSA) is 55.4 Å². The highest BCUT2D eigenvalue weighted by Crippen LogP contribution is 2.19. The molecule has 0 aromatic heterocycles. The number of amides is 1. The number of carbonyl (C=O) groups excluding carboxylic acids is 2. The Balaban J connectivity index is 2.10. The summed E-state index contributed by atoms with van der Waals surface area (Å²) in [6, 6.07) is 13.0. The molecular formula is C16H17NO3. The molecule has 4 heteroatoms. The van der Waals surface area contributed by atoms with E-state index in [-0.39, 0.29) is 18.6 Å². The van der Waals surface area contributed by atoms with E-state index in [0.29, 0.717) is 5.56 Å². The number of rotatable bonds is 4. The van der Waals surface area contributed by atoms with Gasteiger partial charge in [-0.15, -0.1) is 0 Å². The summed E-state index contributed by atoms with van der Waals surface area (Å²) in [6.45, 7) is 3.44. The Morgan fingerprint density at radius 1 is 1.10 bits per heavy atom. The van der Waals surface area contributed by atoms with E-state index in [2.05, 4.69) is 5.32 Å². The molecule has 0 heterocycles. The number of ether oxygens (including phenoxy) is 1. The van der Waals surface area contributed by atoms with Gasteiger partial charge in [0, 0.05) is 6.04 Å². The molecule has 0 fully saturated rings. The average molecular weight is 271 g/mol. The molecule has 0 saturated carbocycles. The largest absolute Gasteiger partial charge is 0.452 e. The van der Waals surface area contributed by atoms with Crippen LogP contribution >= 0.6 is 0 Å². The number of benzene rings is 2. The molecule has 0 spiro atoms. The normalized spacial score (nSPS) is 10.6. The van der Waals surface area contributed by atoms with Crippen molar-refractivity contribution < 1.29 is 14.3 Å². The van der Waals surface area contributed by atoms with Crippen molar-refractivity contribution in [2.75, 3.05) is 6.61 Å². The standard InChI is InChI=1S/C16H17NO3/c1-11(2)17-15(18)10-20-16(19)14-9-5-7-12-6-3-4-8-13(12)14/h3-9,11H,10H2,1-2H3,(H,17,18). The van der Waals surface area contributed by atoms with E-state index in [1.54, 1.807) is 12.1 Å². The van der Waals surface area contributed by atoms with Crippen LogP contribution in [0.25, 0.3) is 10.8 Å². The lowest BCUT2D eigenvalue weighted by Crippen LogP contribution is -2.34. The fourth-order valence-electron chi connectivity index (χ4n) is 1.98. The molecule has 2 aromatic rings. The van der Waals surface area contributed by atoms with Crippen LogP contribution in [0.1, 0.15) is 24.2 Å². The van der Waals surface area contributed by atoms with Gasteiger partial charge in [-0.3, -0.25) is 4.79 Å². The molecule has 104 valence electrons. The summed E-state index contributed by atoms with van der Waals surface area (Å²) in [7, 11) is 0. The molecule has 0 atom stereocenters. The van der Waals surface area contributed by atoms with Crippen LogP contribution in [-0.4, -0.2) is 24.5 Å². The zero-order chi connectivity index (χ0) is 14.5. The van der Waals surface area contributed by atoms with E-state index in [0.717, 1.165) is 10.8 Å². The van der Waals surface area contributed by atoms with Crippen molar-refractivity contribution in [2.45, 2.75) is 19.9 Å². The van der Waals surface area contributed by atoms with Crippen LogP contribution in [0.4, 0.5) is 0 Å². The van der Waals surface area contributed by atoms with Gasteiger partial charge in [0.2, 0.25) is 0 Å². The highest BCUT2D eigenvalue weighted by molar-refractivity contribution is 6.04. The molecule has 0 aliphatic heterocycles. The van der Waals surface area contributed by atoms with Crippen molar-refractivity contribution in [1.29, 1.82) is 0 Å². The van der Waals surface area contributed by atoms with Crippen molar-refractivity contribution in [2.24, 2.45) is 0 Å². The van der Waals surface area contributed by atoms with Gasteiger partial charge in [0.05, 0.1) is 5.56 Å². The number of fused-ring (bicyclic) bond motifs is 1. The number of hydrogen-bond acceptors (Lipinski definition) is 3. The van der Waals surface area contributed by atoms with E-state index >= 15 is 0 Å². The Morgan fingerprint density at radius 3 is 2.55 bits per heavy atom. The Morgan fingerprint density at radius 2 is 1.80 bits per heavy atom. The highest BCUT2D eigenvalue weighted by Gasteiger charge is 2.13. The van der Waals surface area contributed by atoms with Crippen LogP contribution in [0.3, 0.4) is 0 Å². The van der Waals surface area contributed by atoms with E-state index in [1.807, 2.05) is 44.2 Å². The molecule has 0 saturated heterocycles. The van der Waals surface area contributed by atoms with E-state index in [1.165, 1.54) is 0 Å². The molecule has 2 rings (SSSR count). The lowest BCUT2D eigenvalue weighted by atomic mass is 10.1. The second kappa shape index (κ2) is 6.19. The maximum atomic E-state index is 12.0. The van der Waals surface area contributed by atoms with Gasteiger partial charge in [0.25, 0.3) is 5.91 Å². The number of hydrogen-bond donors (Lipinski definition) is 1. The Labute approximate surface area is 117 Å². The highest BCUT2D eigenvalue weighted by atomic mass is 16.5. The summed E-state index contributed by atoms with van der Waals surface area (Å²) in [5.74, 6) is -0.783. The molecule has 1 amide bonds. The summed E-state index contributed by atoms with van der Waals surface area (Å²) < 4.78 is 5.05. The Hall–Kier alpha value is -2.36. The first kappa shape index (κ1) is 14.1. The molecule has 20 heavy (non-hydrogen) atoms. The maximum absolute atomic E-state index is 12.0. The van der Waals surface area contributed by atoms with Crippen LogP contribution in [0, 0.1) is 0 Å². The minimum atomic E-state index is -0.485. The molecule has 0 aliphatic carbocycles. The number of nitrogens with one attached hydrogen (secondary N) is 1. The van der Waals surface area contributed by atoms with Crippen molar-refractivity contribution >= 4 is 22.6 Å². The van der Waals surface area contributed by atoms with Crippen LogP contribution in [0.15, 0.2) is 42.5 Å². The van der Waals surface area contributed by atoms with Gasteiger partial charge in [-0.25, -0.2) is 4.79 Å². The SMILES string of the molecule is CC(C)NC(=O)COC(=O)c1cccc2ccccc12. The van der Waals surface area contributed by atoms with Crippen LogP contribution in [0.5, 0.6) is 0 Å². The summed E-state index contributed by atoms with van der Waals surface area (Å²) in [5, 5.41) is 4.46. The van der Waals surface area contributed by atoms with Gasteiger partial charge < -0.3 is 10.1 Å². The van der Waals surface area contributed by atoms with E-state index in [4.69, 9.17) is 4.74 Å². The third-order valence-corrected chi connectivity index (χ3v) is 2.79. The fourth-order valence-corrected chi connectivity index (χ4v) is 1.98. The van der Waals surface area contributed by atoms with Crippen LogP contribution in [-0.2, 0) is 9.53 Å². The smallest absolute Gasteiger partial charge is 0.339 e. The zero-order valence-corrected chi connectivity index (χ0v) is 11.6. The van der Waals surface area contributed by atoms with Gasteiger partial charge in [0.1, 0.15) is 0 Å². The van der Waals surface area contributed by atoms with Gasteiger partial charge in [-0.05, 0) is 30.7 Å². The first-order valence-electron chi connectivity index (χ1n) is 6.52. The average Bonchev–Trinajstić information content (AvgIpc) is 2.43. The minimum Gasteiger partial charge on any atom is -0.452 e. The molecular weight excluding hydrogens is 254 g/mol. The van der Waals surface area contributed by atoms with Gasteiger partial charge in [0.15, 0.2) is 6.61 Å². The molecule has 1 N–H and O–H groups in total. The Bertz CT molecular complexity index is 629. The summed E-state index contributed by atoms with van der Waals surface area (Å²) in [6.07, 6.45) is 0. The third-order valence-electron chi connectivity index (χ3n) is 2.79. The monoisotopic (exact) mass is 271 g/mol. The summed E-state index contributed by atoms with van der Waals surface area (Å²) >= 11 is 0. The van der Waals surface area contributed by atoms with E-state index < -0.39 is 5.97 Å². The third kappa shape index (κ3) is 3.35.